The summed E-state index contributed by atoms with van der Waals surface area (Å²) in [4.78, 5) is 4.51. The van der Waals surface area contributed by atoms with E-state index in [4.69, 9.17) is 0 Å². The van der Waals surface area contributed by atoms with E-state index in [-0.39, 0.29) is 0 Å². The zero-order valence-corrected chi connectivity index (χ0v) is 13.2. The van der Waals surface area contributed by atoms with Crippen LogP contribution in [0, 0.1) is 11.3 Å². The lowest BCUT2D eigenvalue weighted by atomic mass is 9.92. The second-order valence-corrected chi connectivity index (χ2v) is 5.06. The minimum atomic E-state index is -0.394. The van der Waals surface area contributed by atoms with Gasteiger partial charge in [-0.15, -0.1) is 0 Å². The van der Waals surface area contributed by atoms with Crippen molar-refractivity contribution in [3.8, 4) is 6.07 Å². The quantitative estimate of drug-likeness (QED) is 0.753. The minimum absolute atomic E-state index is 0.394. The van der Waals surface area contributed by atoms with Crippen molar-refractivity contribution in [1.29, 1.82) is 5.26 Å². The molecule has 1 atom stereocenters. The molecule has 0 bridgehead atoms. The number of nitrogens with zero attached hydrogens (tertiary/aromatic N) is 4. The standard InChI is InChI=1S/C15H27N5/c1-5-13-18-14(6-2)20(19-13)11-9-10-15(7-3,12-16)17-8-4/h17H,5-11H2,1-4H3. The molecule has 5 heteroatoms. The third kappa shape index (κ3) is 4.04. The normalized spacial score (nSPS) is 13.9. The number of nitriles is 1. The highest BCUT2D eigenvalue weighted by atomic mass is 15.3. The van der Waals surface area contributed by atoms with Crippen molar-refractivity contribution in [2.24, 2.45) is 0 Å². The maximum atomic E-state index is 9.40. The maximum absolute atomic E-state index is 9.40. The van der Waals surface area contributed by atoms with Gasteiger partial charge in [-0.25, -0.2) is 9.67 Å². The van der Waals surface area contributed by atoms with Gasteiger partial charge in [0.2, 0.25) is 0 Å². The summed E-state index contributed by atoms with van der Waals surface area (Å²) in [5.41, 5.74) is -0.394. The summed E-state index contributed by atoms with van der Waals surface area (Å²) in [5, 5.41) is 17.2. The van der Waals surface area contributed by atoms with Crippen molar-refractivity contribution in [2.45, 2.75) is 71.9 Å². The second kappa shape index (κ2) is 8.01. The van der Waals surface area contributed by atoms with Crippen LogP contribution in [0.3, 0.4) is 0 Å². The molecule has 0 radical (unpaired) electrons. The monoisotopic (exact) mass is 277 g/mol. The number of aryl methyl sites for hydroxylation is 3. The summed E-state index contributed by atoms with van der Waals surface area (Å²) in [5.74, 6) is 1.96. The van der Waals surface area contributed by atoms with Gasteiger partial charge in [0.15, 0.2) is 5.82 Å². The van der Waals surface area contributed by atoms with Crippen molar-refractivity contribution >= 4 is 0 Å². The lowest BCUT2D eigenvalue weighted by Gasteiger charge is -2.26. The van der Waals surface area contributed by atoms with Gasteiger partial charge in [-0.2, -0.15) is 10.4 Å². The molecule has 1 aromatic rings. The molecule has 1 heterocycles. The maximum Gasteiger partial charge on any atom is 0.150 e. The summed E-state index contributed by atoms with van der Waals surface area (Å²) in [6, 6.07) is 2.44. The number of nitrogens with one attached hydrogen (secondary N) is 1. The fraction of sp³-hybridized carbons (Fsp3) is 0.800. The van der Waals surface area contributed by atoms with Crippen molar-refractivity contribution < 1.29 is 0 Å². The van der Waals surface area contributed by atoms with Crippen molar-refractivity contribution in [1.82, 2.24) is 20.1 Å². The lowest BCUT2D eigenvalue weighted by molar-refractivity contribution is 0.356. The van der Waals surface area contributed by atoms with Crippen molar-refractivity contribution in [3.05, 3.63) is 11.6 Å². The summed E-state index contributed by atoms with van der Waals surface area (Å²) >= 11 is 0. The van der Waals surface area contributed by atoms with Crippen LogP contribution in [0.4, 0.5) is 0 Å². The first-order valence-electron chi connectivity index (χ1n) is 7.73. The Morgan fingerprint density at radius 2 is 2.00 bits per heavy atom. The van der Waals surface area contributed by atoms with Crippen molar-refractivity contribution in [3.63, 3.8) is 0 Å². The van der Waals surface area contributed by atoms with Crippen LogP contribution in [0.15, 0.2) is 0 Å². The highest BCUT2D eigenvalue weighted by molar-refractivity contribution is 5.06. The Morgan fingerprint density at radius 1 is 1.25 bits per heavy atom. The first kappa shape index (κ1) is 16.6. The van der Waals surface area contributed by atoms with E-state index < -0.39 is 5.54 Å². The SMILES string of the molecule is CCNC(C#N)(CC)CCCn1nc(CC)nc1CC. The highest BCUT2D eigenvalue weighted by Gasteiger charge is 2.26. The summed E-state index contributed by atoms with van der Waals surface area (Å²) in [6.45, 7) is 9.94. The average molecular weight is 277 g/mol. The Labute approximate surface area is 122 Å². The first-order chi connectivity index (χ1) is 9.64. The van der Waals surface area contributed by atoms with Gasteiger partial charge in [0.05, 0.1) is 6.07 Å². The zero-order valence-electron chi connectivity index (χ0n) is 13.2. The molecule has 0 saturated heterocycles. The predicted molar refractivity (Wildman–Crippen MR) is 80.3 cm³/mol. The van der Waals surface area contributed by atoms with Crippen LogP contribution >= 0.6 is 0 Å². The van der Waals surface area contributed by atoms with Crippen molar-refractivity contribution in [2.75, 3.05) is 6.54 Å². The van der Waals surface area contributed by atoms with E-state index in [1.54, 1.807) is 0 Å². The third-order valence-electron chi connectivity index (χ3n) is 3.73. The van der Waals surface area contributed by atoms with Gasteiger partial charge in [0.25, 0.3) is 0 Å². The fourth-order valence-corrected chi connectivity index (χ4v) is 2.45. The molecule has 0 saturated carbocycles. The Kier molecular flexibility index (Phi) is 6.66. The molecule has 5 nitrogen and oxygen atoms in total. The smallest absolute Gasteiger partial charge is 0.150 e. The third-order valence-corrected chi connectivity index (χ3v) is 3.73. The van der Waals surface area contributed by atoms with E-state index in [9.17, 15) is 5.26 Å². The molecule has 20 heavy (non-hydrogen) atoms. The van der Waals surface area contributed by atoms with E-state index in [0.29, 0.717) is 0 Å². The summed E-state index contributed by atoms with van der Waals surface area (Å²) in [7, 11) is 0. The fourth-order valence-electron chi connectivity index (χ4n) is 2.45. The van der Waals surface area contributed by atoms with Crippen LogP contribution < -0.4 is 5.32 Å². The van der Waals surface area contributed by atoms with E-state index in [1.165, 1.54) is 0 Å². The van der Waals surface area contributed by atoms with Gasteiger partial charge >= 0.3 is 0 Å². The molecule has 0 amide bonds. The number of hydrogen-bond donors (Lipinski definition) is 1. The summed E-state index contributed by atoms with van der Waals surface area (Å²) < 4.78 is 2.00. The van der Waals surface area contributed by atoms with Crippen LogP contribution in [-0.2, 0) is 19.4 Å². The van der Waals surface area contributed by atoms with Gasteiger partial charge < -0.3 is 0 Å². The van der Waals surface area contributed by atoms with Crippen LogP contribution in [-0.4, -0.2) is 26.8 Å². The summed E-state index contributed by atoms with van der Waals surface area (Å²) in [6.07, 6.45) is 4.38. The van der Waals surface area contributed by atoms with E-state index in [1.807, 2.05) is 11.6 Å². The van der Waals surface area contributed by atoms with Gasteiger partial charge in [0, 0.05) is 19.4 Å². The molecule has 0 fully saturated rings. The average Bonchev–Trinajstić information content (AvgIpc) is 2.88. The molecule has 0 aliphatic carbocycles. The van der Waals surface area contributed by atoms with Gasteiger partial charge in [-0.3, -0.25) is 5.32 Å². The van der Waals surface area contributed by atoms with E-state index in [2.05, 4.69) is 42.2 Å². The molecule has 1 unspecified atom stereocenters. The molecule has 112 valence electrons. The Morgan fingerprint density at radius 3 is 2.50 bits per heavy atom. The van der Waals surface area contributed by atoms with Gasteiger partial charge in [0.1, 0.15) is 11.4 Å². The molecular weight excluding hydrogens is 250 g/mol. The van der Waals surface area contributed by atoms with E-state index in [0.717, 1.165) is 56.8 Å². The predicted octanol–water partition coefficient (Wildman–Crippen LogP) is 2.46. The molecule has 1 aromatic heterocycles. The number of hydrogen-bond acceptors (Lipinski definition) is 4. The molecule has 1 rings (SSSR count). The Hall–Kier alpha value is -1.41. The largest absolute Gasteiger partial charge is 0.300 e. The zero-order chi connectivity index (χ0) is 15.0. The van der Waals surface area contributed by atoms with Crippen LogP contribution in [0.25, 0.3) is 0 Å². The topological polar surface area (TPSA) is 66.5 Å². The van der Waals surface area contributed by atoms with Crippen LogP contribution in [0.2, 0.25) is 0 Å². The highest BCUT2D eigenvalue weighted by Crippen LogP contribution is 2.17. The number of rotatable bonds is 9. The molecule has 0 aliphatic heterocycles. The minimum Gasteiger partial charge on any atom is -0.300 e. The van der Waals surface area contributed by atoms with Crippen LogP contribution in [0.1, 0.15) is 58.6 Å². The molecule has 0 aromatic carbocycles. The first-order valence-corrected chi connectivity index (χ1v) is 7.73. The molecule has 0 aliphatic rings. The Balaban J connectivity index is 2.63. The Bertz CT molecular complexity index is 446. The lowest BCUT2D eigenvalue weighted by Crippen LogP contribution is -2.43. The van der Waals surface area contributed by atoms with E-state index >= 15 is 0 Å². The van der Waals surface area contributed by atoms with Gasteiger partial charge in [-0.05, 0) is 25.8 Å². The van der Waals surface area contributed by atoms with Gasteiger partial charge in [-0.1, -0.05) is 27.7 Å². The molecule has 1 N–H and O–H groups in total. The van der Waals surface area contributed by atoms with Crippen LogP contribution in [0.5, 0.6) is 0 Å². The second-order valence-electron chi connectivity index (χ2n) is 5.06. The molecule has 0 spiro atoms. The molecular formula is C15H27N5. The number of aromatic nitrogens is 3.